The maximum Gasteiger partial charge on any atom is 0.247 e. The summed E-state index contributed by atoms with van der Waals surface area (Å²) in [5, 5.41) is 2.11. The number of hydrogen-bond acceptors (Lipinski definition) is 2. The molecule has 4 heteroatoms. The second kappa shape index (κ2) is 6.44. The molecule has 2 heterocycles. The summed E-state index contributed by atoms with van der Waals surface area (Å²) in [6, 6.07) is 8.44. The summed E-state index contributed by atoms with van der Waals surface area (Å²) in [5.74, 6) is -0.247. The summed E-state index contributed by atoms with van der Waals surface area (Å²) >= 11 is 1.78. The van der Waals surface area contributed by atoms with Crippen LogP contribution in [0.5, 0.6) is 0 Å². The van der Waals surface area contributed by atoms with Crippen molar-refractivity contribution in [2.75, 3.05) is 6.54 Å². The Kier molecular flexibility index (Phi) is 4.39. The molecule has 2 nitrogen and oxygen atoms in total. The molecule has 1 aliphatic rings. The van der Waals surface area contributed by atoms with Crippen molar-refractivity contribution in [2.24, 2.45) is 0 Å². The first-order valence-corrected chi connectivity index (χ1v) is 8.37. The Morgan fingerprint density at radius 3 is 2.86 bits per heavy atom. The van der Waals surface area contributed by atoms with Gasteiger partial charge in [0.15, 0.2) is 0 Å². The first kappa shape index (κ1) is 15.0. The minimum absolute atomic E-state index is 0.0213. The molecule has 1 aliphatic heterocycles. The summed E-state index contributed by atoms with van der Waals surface area (Å²) in [6.07, 6.45) is 5.18. The molecule has 0 saturated carbocycles. The number of carbonyl (C=O) groups excluding carboxylic acids is 1. The van der Waals surface area contributed by atoms with Gasteiger partial charge >= 0.3 is 0 Å². The largest absolute Gasteiger partial charge is 0.332 e. The van der Waals surface area contributed by atoms with Gasteiger partial charge in [-0.05, 0) is 53.6 Å². The number of nitrogens with zero attached hydrogens (tertiary/aromatic N) is 1. The van der Waals surface area contributed by atoms with Gasteiger partial charge < -0.3 is 4.90 Å². The lowest BCUT2D eigenvalue weighted by atomic mass is 9.97. The van der Waals surface area contributed by atoms with Crippen LogP contribution in [0.25, 0.3) is 6.08 Å². The topological polar surface area (TPSA) is 20.3 Å². The molecular formula is C18H18FNOS. The molecule has 1 amide bonds. The maximum atomic E-state index is 12.9. The van der Waals surface area contributed by atoms with Gasteiger partial charge in [-0.25, -0.2) is 4.39 Å². The Morgan fingerprint density at radius 2 is 2.14 bits per heavy atom. The number of benzene rings is 1. The second-order valence-electron chi connectivity index (χ2n) is 5.39. The highest BCUT2D eigenvalue weighted by atomic mass is 32.1. The third-order valence-electron chi connectivity index (χ3n) is 4.05. The third-order valence-corrected chi connectivity index (χ3v) is 5.05. The summed E-state index contributed by atoms with van der Waals surface area (Å²) in [5.41, 5.74) is 2.12. The highest BCUT2D eigenvalue weighted by Crippen LogP contribution is 2.35. The summed E-state index contributed by atoms with van der Waals surface area (Å²) in [6.45, 7) is 2.88. The lowest BCUT2D eigenvalue weighted by Crippen LogP contribution is -2.38. The Bertz CT molecular complexity index is 689. The lowest BCUT2D eigenvalue weighted by molar-refractivity contribution is -0.128. The third kappa shape index (κ3) is 2.97. The van der Waals surface area contributed by atoms with Crippen molar-refractivity contribution in [1.29, 1.82) is 0 Å². The van der Waals surface area contributed by atoms with Crippen LogP contribution in [0.3, 0.4) is 0 Å². The van der Waals surface area contributed by atoms with Crippen molar-refractivity contribution in [3.63, 3.8) is 0 Å². The SMILES string of the molecule is CCC1c2ccsc2CCN1C(=O)/C=C/c1ccc(F)cc1. The van der Waals surface area contributed by atoms with Gasteiger partial charge in [0.25, 0.3) is 0 Å². The van der Waals surface area contributed by atoms with Crippen LogP contribution in [0.4, 0.5) is 4.39 Å². The highest BCUT2D eigenvalue weighted by Gasteiger charge is 2.29. The molecular weight excluding hydrogens is 297 g/mol. The molecule has 1 atom stereocenters. The predicted octanol–water partition coefficient (Wildman–Crippen LogP) is 4.44. The van der Waals surface area contributed by atoms with E-state index in [9.17, 15) is 9.18 Å². The number of amides is 1. The summed E-state index contributed by atoms with van der Waals surface area (Å²) in [7, 11) is 0. The van der Waals surface area contributed by atoms with Crippen molar-refractivity contribution in [2.45, 2.75) is 25.8 Å². The van der Waals surface area contributed by atoms with Crippen molar-refractivity contribution in [3.05, 3.63) is 63.6 Å². The van der Waals surface area contributed by atoms with E-state index < -0.39 is 0 Å². The van der Waals surface area contributed by atoms with Crippen LogP contribution in [0, 0.1) is 5.82 Å². The molecule has 0 spiro atoms. The van der Waals surface area contributed by atoms with Crippen LogP contribution in [0.1, 0.15) is 35.4 Å². The van der Waals surface area contributed by atoms with Crippen molar-refractivity contribution < 1.29 is 9.18 Å². The van der Waals surface area contributed by atoms with E-state index >= 15 is 0 Å². The standard InChI is InChI=1S/C18H18FNOS/c1-2-16-15-10-12-22-17(15)9-11-20(16)18(21)8-5-13-3-6-14(19)7-4-13/h3-8,10,12,16H,2,9,11H2,1H3/b8-5+. The van der Waals surface area contributed by atoms with Crippen LogP contribution in [-0.4, -0.2) is 17.4 Å². The fourth-order valence-electron chi connectivity index (χ4n) is 2.94. The summed E-state index contributed by atoms with van der Waals surface area (Å²) in [4.78, 5) is 15.8. The molecule has 0 N–H and O–H groups in total. The summed E-state index contributed by atoms with van der Waals surface area (Å²) < 4.78 is 12.9. The van der Waals surface area contributed by atoms with Crippen LogP contribution in [0.15, 0.2) is 41.8 Å². The number of thiophene rings is 1. The average molecular weight is 315 g/mol. The van der Waals surface area contributed by atoms with Crippen molar-refractivity contribution in [1.82, 2.24) is 4.90 Å². The van der Waals surface area contributed by atoms with Gasteiger partial charge in [0.2, 0.25) is 5.91 Å². The quantitative estimate of drug-likeness (QED) is 0.767. The van der Waals surface area contributed by atoms with Gasteiger partial charge in [0.05, 0.1) is 6.04 Å². The van der Waals surface area contributed by atoms with E-state index in [0.717, 1.165) is 24.9 Å². The molecule has 1 aromatic carbocycles. The molecule has 0 aliphatic carbocycles. The normalized spacial score (nSPS) is 17.7. The fraction of sp³-hybridized carbons (Fsp3) is 0.278. The van der Waals surface area contributed by atoms with Gasteiger partial charge in [-0.2, -0.15) is 0 Å². The second-order valence-corrected chi connectivity index (χ2v) is 6.39. The van der Waals surface area contributed by atoms with Gasteiger partial charge in [0, 0.05) is 17.5 Å². The molecule has 0 fully saturated rings. The van der Waals surface area contributed by atoms with Gasteiger partial charge in [-0.15, -0.1) is 11.3 Å². The number of carbonyl (C=O) groups is 1. The zero-order valence-corrected chi connectivity index (χ0v) is 13.3. The zero-order chi connectivity index (χ0) is 15.5. The molecule has 22 heavy (non-hydrogen) atoms. The molecule has 1 unspecified atom stereocenters. The van der Waals surface area contributed by atoms with E-state index in [4.69, 9.17) is 0 Å². The van der Waals surface area contributed by atoms with E-state index in [-0.39, 0.29) is 17.8 Å². The Labute approximate surface area is 133 Å². The van der Waals surface area contributed by atoms with Crippen LogP contribution >= 0.6 is 11.3 Å². The predicted molar refractivity (Wildman–Crippen MR) is 88.2 cm³/mol. The van der Waals surface area contributed by atoms with Crippen LogP contribution in [-0.2, 0) is 11.2 Å². The number of halogens is 1. The van der Waals surface area contributed by atoms with Crippen molar-refractivity contribution in [3.8, 4) is 0 Å². The monoisotopic (exact) mass is 315 g/mol. The zero-order valence-electron chi connectivity index (χ0n) is 12.5. The molecule has 3 rings (SSSR count). The average Bonchev–Trinajstić information content (AvgIpc) is 3.01. The van der Waals surface area contributed by atoms with Gasteiger partial charge in [-0.1, -0.05) is 19.1 Å². The van der Waals surface area contributed by atoms with E-state index in [1.54, 1.807) is 35.6 Å². The van der Waals surface area contributed by atoms with E-state index in [2.05, 4.69) is 18.4 Å². The van der Waals surface area contributed by atoms with Gasteiger partial charge in [-0.3, -0.25) is 4.79 Å². The number of fused-ring (bicyclic) bond motifs is 1. The molecule has 114 valence electrons. The first-order chi connectivity index (χ1) is 10.7. The minimum Gasteiger partial charge on any atom is -0.332 e. The van der Waals surface area contributed by atoms with E-state index in [0.29, 0.717) is 0 Å². The molecule has 0 radical (unpaired) electrons. The Morgan fingerprint density at radius 1 is 1.36 bits per heavy atom. The van der Waals surface area contributed by atoms with E-state index in [1.165, 1.54) is 22.6 Å². The van der Waals surface area contributed by atoms with Gasteiger partial charge in [0.1, 0.15) is 5.82 Å². The highest BCUT2D eigenvalue weighted by molar-refractivity contribution is 7.10. The van der Waals surface area contributed by atoms with E-state index in [1.807, 2.05) is 4.90 Å². The smallest absolute Gasteiger partial charge is 0.247 e. The van der Waals surface area contributed by atoms with Crippen molar-refractivity contribution >= 4 is 23.3 Å². The molecule has 0 saturated heterocycles. The lowest BCUT2D eigenvalue weighted by Gasteiger charge is -2.34. The Hall–Kier alpha value is -1.94. The minimum atomic E-state index is -0.268. The number of rotatable bonds is 3. The van der Waals surface area contributed by atoms with Crippen LogP contribution in [0.2, 0.25) is 0 Å². The number of hydrogen-bond donors (Lipinski definition) is 0. The molecule has 2 aromatic rings. The molecule has 1 aromatic heterocycles. The maximum absolute atomic E-state index is 12.9. The fourth-order valence-corrected chi connectivity index (χ4v) is 3.87. The molecule has 0 bridgehead atoms. The Balaban J connectivity index is 1.76. The first-order valence-electron chi connectivity index (χ1n) is 7.49. The van der Waals surface area contributed by atoms with Crippen LogP contribution < -0.4 is 0 Å².